The number of aliphatic hydroxyl groups is 1. The van der Waals surface area contributed by atoms with E-state index in [4.69, 9.17) is 0 Å². The van der Waals surface area contributed by atoms with Crippen molar-refractivity contribution < 1.29 is 5.11 Å². The molecule has 0 aliphatic heterocycles. The summed E-state index contributed by atoms with van der Waals surface area (Å²) in [6, 6.07) is 0. The van der Waals surface area contributed by atoms with Gasteiger partial charge in [-0.1, -0.05) is 0 Å². The first kappa shape index (κ1) is 9.07. The fourth-order valence-corrected chi connectivity index (χ4v) is 10.1. The Morgan fingerprint density at radius 1 is 0.526 bits per heavy atom. The third-order valence-electron chi connectivity index (χ3n) is 10.4. The van der Waals surface area contributed by atoms with E-state index in [0.717, 1.165) is 51.2 Å². The lowest BCUT2D eigenvalue weighted by Gasteiger charge is -2.06. The maximum atomic E-state index is 11.1. The predicted molar refractivity (Wildman–Crippen MR) is 69.2 cm³/mol. The molecular formula is C18H22O. The van der Waals surface area contributed by atoms with Gasteiger partial charge in [0.2, 0.25) is 0 Å². The molecule has 0 atom stereocenters. The number of fused-ring (bicyclic) bond motifs is 7. The van der Waals surface area contributed by atoms with Gasteiger partial charge in [-0.25, -0.2) is 0 Å². The molecule has 100 valence electrons. The number of hydrogen-bond donors (Lipinski definition) is 1. The van der Waals surface area contributed by atoms with Crippen LogP contribution in [0.5, 0.6) is 0 Å². The highest BCUT2D eigenvalue weighted by Gasteiger charge is 3.23. The van der Waals surface area contributed by atoms with E-state index in [1.807, 2.05) is 0 Å². The summed E-state index contributed by atoms with van der Waals surface area (Å²) in [5.41, 5.74) is 4.53. The van der Waals surface area contributed by atoms with E-state index in [-0.39, 0.29) is 5.60 Å². The van der Waals surface area contributed by atoms with Gasteiger partial charge in [0.15, 0.2) is 0 Å². The van der Waals surface area contributed by atoms with E-state index in [2.05, 4.69) is 0 Å². The molecule has 0 unspecified atom stereocenters. The van der Waals surface area contributed by atoms with Crippen molar-refractivity contribution in [1.82, 2.24) is 0 Å². The molecule has 0 heterocycles. The molecule has 8 fully saturated rings. The minimum Gasteiger partial charge on any atom is -0.390 e. The molecule has 8 aliphatic carbocycles. The summed E-state index contributed by atoms with van der Waals surface area (Å²) in [6.45, 7) is 0. The third kappa shape index (κ3) is 0.458. The molecule has 0 radical (unpaired) electrons. The Labute approximate surface area is 114 Å². The van der Waals surface area contributed by atoms with Gasteiger partial charge in [-0.15, -0.1) is 0 Å². The summed E-state index contributed by atoms with van der Waals surface area (Å²) in [4.78, 5) is 0. The Kier molecular flexibility index (Phi) is 0.817. The van der Waals surface area contributed by atoms with Gasteiger partial charge in [-0.3, -0.25) is 0 Å². The summed E-state index contributed by atoms with van der Waals surface area (Å²) in [6.07, 6.45) is 14.7. The highest BCUT2D eigenvalue weighted by atomic mass is 16.3. The SMILES string of the molecule is OC1(C2C3(C4(CC4)C34CC4)C23C2(CC2)C32CC2)CC1. The molecule has 1 heteroatoms. The topological polar surface area (TPSA) is 20.2 Å². The third-order valence-corrected chi connectivity index (χ3v) is 10.4. The quantitative estimate of drug-likeness (QED) is 0.761. The van der Waals surface area contributed by atoms with Gasteiger partial charge in [0.1, 0.15) is 0 Å². The largest absolute Gasteiger partial charge is 0.390 e. The van der Waals surface area contributed by atoms with Crippen LogP contribution in [0.25, 0.3) is 0 Å². The van der Waals surface area contributed by atoms with Crippen LogP contribution in [-0.2, 0) is 0 Å². The van der Waals surface area contributed by atoms with Crippen molar-refractivity contribution in [2.45, 2.75) is 69.8 Å². The van der Waals surface area contributed by atoms with Crippen LogP contribution in [-0.4, -0.2) is 10.7 Å². The summed E-state index contributed by atoms with van der Waals surface area (Å²) < 4.78 is 0. The predicted octanol–water partition coefficient (Wildman–Crippen LogP) is 3.26. The van der Waals surface area contributed by atoms with Crippen LogP contribution in [0.4, 0.5) is 0 Å². The molecule has 0 amide bonds. The van der Waals surface area contributed by atoms with Crippen LogP contribution >= 0.6 is 0 Å². The maximum absolute atomic E-state index is 11.1. The Bertz CT molecular complexity index is 526. The lowest BCUT2D eigenvalue weighted by molar-refractivity contribution is 0.107. The van der Waals surface area contributed by atoms with Crippen molar-refractivity contribution >= 4 is 0 Å². The van der Waals surface area contributed by atoms with Gasteiger partial charge in [0.05, 0.1) is 5.60 Å². The van der Waals surface area contributed by atoms with Gasteiger partial charge in [0, 0.05) is 5.92 Å². The van der Waals surface area contributed by atoms with Crippen molar-refractivity contribution in [3.05, 3.63) is 0 Å². The van der Waals surface area contributed by atoms with Crippen LogP contribution < -0.4 is 0 Å². The van der Waals surface area contributed by atoms with Crippen LogP contribution in [0.3, 0.4) is 0 Å². The zero-order valence-corrected chi connectivity index (χ0v) is 11.6. The molecule has 1 nitrogen and oxygen atoms in total. The number of rotatable bonds is 1. The highest BCUT2D eigenvalue weighted by molar-refractivity contribution is 5.69. The second kappa shape index (κ2) is 1.71. The maximum Gasteiger partial charge on any atom is 0.0689 e. The number of hydrogen-bond acceptors (Lipinski definition) is 1. The molecule has 8 rings (SSSR count). The minimum absolute atomic E-state index is 0.163. The molecule has 8 aliphatic rings. The molecule has 0 aromatic carbocycles. The molecule has 1 N–H and O–H groups in total. The molecule has 0 saturated heterocycles. The van der Waals surface area contributed by atoms with Crippen LogP contribution in [0.1, 0.15) is 64.2 Å². The minimum atomic E-state index is -0.163. The van der Waals surface area contributed by atoms with E-state index in [1.54, 1.807) is 51.4 Å². The second-order valence-corrected chi connectivity index (χ2v) is 9.98. The van der Waals surface area contributed by atoms with Crippen LogP contribution in [0, 0.1) is 38.4 Å². The van der Waals surface area contributed by atoms with Crippen molar-refractivity contribution in [1.29, 1.82) is 0 Å². The fourth-order valence-electron chi connectivity index (χ4n) is 10.1. The average Bonchev–Trinajstić information content (AvgIpc) is 3.12. The smallest absolute Gasteiger partial charge is 0.0689 e. The molecule has 0 aromatic heterocycles. The molecule has 0 bridgehead atoms. The van der Waals surface area contributed by atoms with E-state index in [0.29, 0.717) is 0 Å². The van der Waals surface area contributed by atoms with Gasteiger partial charge < -0.3 is 5.11 Å². The van der Waals surface area contributed by atoms with E-state index < -0.39 is 0 Å². The van der Waals surface area contributed by atoms with Gasteiger partial charge in [-0.05, 0) is 96.7 Å². The fraction of sp³-hybridized carbons (Fsp3) is 1.00. The Balaban J connectivity index is 1.44. The van der Waals surface area contributed by atoms with Gasteiger partial charge in [-0.2, -0.15) is 0 Å². The van der Waals surface area contributed by atoms with E-state index in [9.17, 15) is 5.11 Å². The zero-order valence-electron chi connectivity index (χ0n) is 11.6. The lowest BCUT2D eigenvalue weighted by atomic mass is 10.1. The zero-order chi connectivity index (χ0) is 12.1. The molecule has 6 spiro atoms. The van der Waals surface area contributed by atoms with Crippen molar-refractivity contribution in [2.24, 2.45) is 38.4 Å². The molecule has 8 saturated carbocycles. The monoisotopic (exact) mass is 254 g/mol. The standard InChI is InChI=1S/C18H22O/c19-12(1-2-12)11-17(13(3-4-13)14(17)5-6-14)18(11)15(7-8-15)16(18)9-10-16/h11,19H,1-10H2. The normalized spacial score (nSPS) is 53.8. The van der Waals surface area contributed by atoms with Crippen LogP contribution in [0.2, 0.25) is 0 Å². The average molecular weight is 254 g/mol. The van der Waals surface area contributed by atoms with Crippen LogP contribution in [0.15, 0.2) is 0 Å². The summed E-state index contributed by atoms with van der Waals surface area (Å²) in [5.74, 6) is 0.794. The first-order valence-electron chi connectivity index (χ1n) is 8.88. The Hall–Kier alpha value is -0.0400. The van der Waals surface area contributed by atoms with E-state index in [1.165, 1.54) is 0 Å². The van der Waals surface area contributed by atoms with Crippen molar-refractivity contribution in [3.63, 3.8) is 0 Å². The van der Waals surface area contributed by atoms with Gasteiger partial charge in [0.25, 0.3) is 0 Å². The van der Waals surface area contributed by atoms with Crippen molar-refractivity contribution in [2.75, 3.05) is 0 Å². The first-order valence-corrected chi connectivity index (χ1v) is 8.88. The van der Waals surface area contributed by atoms with E-state index >= 15 is 0 Å². The van der Waals surface area contributed by atoms with Gasteiger partial charge >= 0.3 is 0 Å². The van der Waals surface area contributed by atoms with Crippen molar-refractivity contribution in [3.8, 4) is 0 Å². The summed E-state index contributed by atoms with van der Waals surface area (Å²) >= 11 is 0. The molecular weight excluding hydrogens is 232 g/mol. The molecule has 19 heavy (non-hydrogen) atoms. The first-order chi connectivity index (χ1) is 9.15. The Morgan fingerprint density at radius 2 is 0.842 bits per heavy atom. The second-order valence-electron chi connectivity index (χ2n) is 9.98. The summed E-state index contributed by atoms with van der Waals surface area (Å²) in [5, 5.41) is 11.1. The lowest BCUT2D eigenvalue weighted by Crippen LogP contribution is -2.13. The Morgan fingerprint density at radius 3 is 1.05 bits per heavy atom. The molecule has 0 aromatic rings. The highest BCUT2D eigenvalue weighted by Crippen LogP contribution is 3.26. The summed E-state index contributed by atoms with van der Waals surface area (Å²) in [7, 11) is 0.